The molecule has 0 radical (unpaired) electrons. The van der Waals surface area contributed by atoms with Crippen LogP contribution in [0.5, 0.6) is 5.75 Å². The third-order valence-corrected chi connectivity index (χ3v) is 6.35. The van der Waals surface area contributed by atoms with Gasteiger partial charge in [-0.05, 0) is 48.7 Å². The predicted octanol–water partition coefficient (Wildman–Crippen LogP) is 4.21. The first kappa shape index (κ1) is 20.4. The standard InChI is InChI=1S/C25H34N2O2/c1-26(23-11-3-2-4-12-23)18-24(28)19-29-25-13-7-8-20(14-25)15-27-16-21-9-5-6-10-22(21)17-27/h5-10,13-14,23-24,28H,2-4,11-12,15-19H2,1H3/t24-/m0/s1. The fourth-order valence-electron chi connectivity index (χ4n) is 4.76. The van der Waals surface area contributed by atoms with Crippen LogP contribution in [0.3, 0.4) is 0 Å². The molecule has 4 nitrogen and oxygen atoms in total. The topological polar surface area (TPSA) is 35.9 Å². The maximum atomic E-state index is 10.4. The van der Waals surface area contributed by atoms with E-state index in [-0.39, 0.29) is 0 Å². The summed E-state index contributed by atoms with van der Waals surface area (Å²) >= 11 is 0. The molecular weight excluding hydrogens is 360 g/mol. The molecule has 0 unspecified atom stereocenters. The molecule has 0 spiro atoms. The number of hydrogen-bond donors (Lipinski definition) is 1. The first-order valence-electron chi connectivity index (χ1n) is 11.1. The molecule has 2 aromatic rings. The number of aliphatic hydroxyl groups excluding tert-OH is 1. The molecule has 1 N–H and O–H groups in total. The summed E-state index contributed by atoms with van der Waals surface area (Å²) in [6, 6.07) is 17.6. The molecule has 1 aliphatic carbocycles. The molecule has 1 atom stereocenters. The van der Waals surface area contributed by atoms with E-state index in [1.165, 1.54) is 48.8 Å². The lowest BCUT2D eigenvalue weighted by molar-refractivity contribution is 0.0561. The number of benzene rings is 2. The molecule has 2 aliphatic rings. The summed E-state index contributed by atoms with van der Waals surface area (Å²) in [4.78, 5) is 4.77. The fourth-order valence-corrected chi connectivity index (χ4v) is 4.76. The Labute approximate surface area is 175 Å². The Kier molecular flexibility index (Phi) is 6.86. The van der Waals surface area contributed by atoms with E-state index in [0.29, 0.717) is 19.2 Å². The van der Waals surface area contributed by atoms with Crippen molar-refractivity contribution < 1.29 is 9.84 Å². The van der Waals surface area contributed by atoms with E-state index in [0.717, 1.165) is 25.4 Å². The minimum Gasteiger partial charge on any atom is -0.491 e. The van der Waals surface area contributed by atoms with Crippen molar-refractivity contribution in [3.05, 3.63) is 65.2 Å². The van der Waals surface area contributed by atoms with Crippen molar-refractivity contribution in [3.63, 3.8) is 0 Å². The van der Waals surface area contributed by atoms with Crippen LogP contribution in [-0.2, 0) is 19.6 Å². The molecular formula is C25H34N2O2. The molecule has 1 saturated carbocycles. The average Bonchev–Trinajstić information content (AvgIpc) is 3.15. The number of nitrogens with zero attached hydrogens (tertiary/aromatic N) is 2. The van der Waals surface area contributed by atoms with Crippen molar-refractivity contribution in [2.45, 2.75) is 63.9 Å². The summed E-state index contributed by atoms with van der Waals surface area (Å²) in [7, 11) is 2.13. The van der Waals surface area contributed by atoms with E-state index in [2.05, 4.69) is 59.3 Å². The number of fused-ring (bicyclic) bond motifs is 1. The first-order chi connectivity index (χ1) is 14.2. The highest BCUT2D eigenvalue weighted by atomic mass is 16.5. The van der Waals surface area contributed by atoms with Crippen LogP contribution in [0, 0.1) is 0 Å². The fraction of sp³-hybridized carbons (Fsp3) is 0.520. The quantitative estimate of drug-likeness (QED) is 0.728. The summed E-state index contributed by atoms with van der Waals surface area (Å²) in [6.07, 6.45) is 6.04. The molecule has 156 valence electrons. The number of likely N-dealkylation sites (N-methyl/N-ethyl adjacent to an activating group) is 1. The zero-order chi connectivity index (χ0) is 20.1. The van der Waals surface area contributed by atoms with Gasteiger partial charge >= 0.3 is 0 Å². The van der Waals surface area contributed by atoms with E-state index < -0.39 is 6.10 Å². The van der Waals surface area contributed by atoms with Crippen molar-refractivity contribution in [1.29, 1.82) is 0 Å². The van der Waals surface area contributed by atoms with Gasteiger partial charge in [-0.3, -0.25) is 4.90 Å². The summed E-state index contributed by atoms with van der Waals surface area (Å²) < 4.78 is 5.93. The van der Waals surface area contributed by atoms with Gasteiger partial charge < -0.3 is 14.7 Å². The van der Waals surface area contributed by atoms with Gasteiger partial charge in [-0.25, -0.2) is 0 Å². The summed E-state index contributed by atoms with van der Waals surface area (Å²) in [5, 5.41) is 10.4. The third kappa shape index (κ3) is 5.59. The molecule has 4 rings (SSSR count). The van der Waals surface area contributed by atoms with Gasteiger partial charge in [-0.2, -0.15) is 0 Å². The zero-order valence-electron chi connectivity index (χ0n) is 17.6. The monoisotopic (exact) mass is 394 g/mol. The lowest BCUT2D eigenvalue weighted by atomic mass is 9.94. The van der Waals surface area contributed by atoms with Gasteiger partial charge in [0.05, 0.1) is 0 Å². The number of aliphatic hydroxyl groups is 1. The zero-order valence-corrected chi connectivity index (χ0v) is 17.6. The lowest BCUT2D eigenvalue weighted by Gasteiger charge is -2.32. The Hall–Kier alpha value is -1.88. The van der Waals surface area contributed by atoms with E-state index in [9.17, 15) is 5.11 Å². The number of ether oxygens (including phenoxy) is 1. The van der Waals surface area contributed by atoms with E-state index in [1.54, 1.807) is 0 Å². The van der Waals surface area contributed by atoms with Crippen molar-refractivity contribution in [3.8, 4) is 5.75 Å². The van der Waals surface area contributed by atoms with Crippen LogP contribution in [0.15, 0.2) is 48.5 Å². The second-order valence-corrected chi connectivity index (χ2v) is 8.76. The van der Waals surface area contributed by atoms with E-state index >= 15 is 0 Å². The van der Waals surface area contributed by atoms with Crippen molar-refractivity contribution in [2.24, 2.45) is 0 Å². The molecule has 1 aliphatic heterocycles. The Morgan fingerprint density at radius 1 is 1.03 bits per heavy atom. The third-order valence-electron chi connectivity index (χ3n) is 6.35. The highest BCUT2D eigenvalue weighted by Crippen LogP contribution is 2.25. The van der Waals surface area contributed by atoms with Crippen molar-refractivity contribution in [2.75, 3.05) is 20.2 Å². The van der Waals surface area contributed by atoms with Gasteiger partial charge in [0.2, 0.25) is 0 Å². The molecule has 29 heavy (non-hydrogen) atoms. The van der Waals surface area contributed by atoms with Crippen LogP contribution in [0.1, 0.15) is 48.8 Å². The normalized spacial score (nSPS) is 18.7. The summed E-state index contributed by atoms with van der Waals surface area (Å²) in [5.74, 6) is 0.846. The minimum absolute atomic E-state index is 0.343. The predicted molar refractivity (Wildman–Crippen MR) is 117 cm³/mol. The van der Waals surface area contributed by atoms with Crippen LogP contribution in [0.4, 0.5) is 0 Å². The Morgan fingerprint density at radius 3 is 2.48 bits per heavy atom. The van der Waals surface area contributed by atoms with Crippen LogP contribution in [0.2, 0.25) is 0 Å². The molecule has 4 heteroatoms. The Balaban J connectivity index is 1.24. The number of rotatable bonds is 8. The van der Waals surface area contributed by atoms with Gasteiger partial charge in [0, 0.05) is 32.2 Å². The molecule has 0 amide bonds. The molecule has 1 heterocycles. The van der Waals surface area contributed by atoms with Crippen molar-refractivity contribution in [1.82, 2.24) is 9.80 Å². The van der Waals surface area contributed by atoms with Crippen LogP contribution >= 0.6 is 0 Å². The van der Waals surface area contributed by atoms with Crippen LogP contribution in [-0.4, -0.2) is 47.3 Å². The highest BCUT2D eigenvalue weighted by Gasteiger charge is 2.21. The Morgan fingerprint density at radius 2 is 1.76 bits per heavy atom. The van der Waals surface area contributed by atoms with Gasteiger partial charge in [0.1, 0.15) is 18.5 Å². The van der Waals surface area contributed by atoms with Crippen LogP contribution < -0.4 is 4.74 Å². The Bertz CT molecular complexity index is 763. The largest absolute Gasteiger partial charge is 0.491 e. The smallest absolute Gasteiger partial charge is 0.119 e. The molecule has 1 fully saturated rings. The van der Waals surface area contributed by atoms with Gasteiger partial charge in [0.15, 0.2) is 0 Å². The van der Waals surface area contributed by atoms with E-state index in [4.69, 9.17) is 4.74 Å². The second-order valence-electron chi connectivity index (χ2n) is 8.76. The molecule has 0 bridgehead atoms. The second kappa shape index (κ2) is 9.75. The first-order valence-corrected chi connectivity index (χ1v) is 11.1. The van der Waals surface area contributed by atoms with Gasteiger partial charge in [-0.1, -0.05) is 55.7 Å². The lowest BCUT2D eigenvalue weighted by Crippen LogP contribution is -2.40. The minimum atomic E-state index is -0.460. The van der Waals surface area contributed by atoms with Gasteiger partial charge in [-0.15, -0.1) is 0 Å². The van der Waals surface area contributed by atoms with Crippen LogP contribution in [0.25, 0.3) is 0 Å². The SMILES string of the molecule is CN(C[C@H](O)COc1cccc(CN2Cc3ccccc3C2)c1)C1CCCCC1. The van der Waals surface area contributed by atoms with Gasteiger partial charge in [0.25, 0.3) is 0 Å². The molecule has 2 aromatic carbocycles. The molecule has 0 aromatic heterocycles. The van der Waals surface area contributed by atoms with E-state index in [1.807, 2.05) is 6.07 Å². The summed E-state index contributed by atoms with van der Waals surface area (Å²) in [5.41, 5.74) is 4.12. The van der Waals surface area contributed by atoms with Crippen molar-refractivity contribution >= 4 is 0 Å². The highest BCUT2D eigenvalue weighted by molar-refractivity contribution is 5.32. The maximum Gasteiger partial charge on any atom is 0.119 e. The maximum absolute atomic E-state index is 10.4. The average molecular weight is 395 g/mol. The molecule has 0 saturated heterocycles. The number of hydrogen-bond acceptors (Lipinski definition) is 4. The summed E-state index contributed by atoms with van der Waals surface area (Å²) in [6.45, 7) is 3.95.